The summed E-state index contributed by atoms with van der Waals surface area (Å²) in [4.78, 5) is 4.56. The molecule has 0 saturated carbocycles. The highest BCUT2D eigenvalue weighted by Crippen LogP contribution is 2.16. The Hall–Kier alpha value is -1.58. The summed E-state index contributed by atoms with van der Waals surface area (Å²) in [6, 6.07) is 7.52. The molecule has 0 saturated heterocycles. The van der Waals surface area contributed by atoms with Crippen LogP contribution in [0.3, 0.4) is 0 Å². The summed E-state index contributed by atoms with van der Waals surface area (Å²) in [7, 11) is -1.60. The monoisotopic (exact) mass is 370 g/mol. The van der Waals surface area contributed by atoms with Crippen molar-refractivity contribution in [2.24, 2.45) is 0 Å². The van der Waals surface area contributed by atoms with E-state index in [9.17, 15) is 8.42 Å². The van der Waals surface area contributed by atoms with Crippen molar-refractivity contribution >= 4 is 21.8 Å². The Morgan fingerprint density at radius 3 is 2.54 bits per heavy atom. The molecule has 7 nitrogen and oxygen atoms in total. The second-order valence-corrected chi connectivity index (χ2v) is 8.03. The zero-order valence-electron chi connectivity index (χ0n) is 14.0. The van der Waals surface area contributed by atoms with Gasteiger partial charge in [-0.1, -0.05) is 0 Å². The lowest BCUT2D eigenvalue weighted by atomic mass is 10.3. The van der Waals surface area contributed by atoms with E-state index >= 15 is 0 Å². The van der Waals surface area contributed by atoms with Crippen molar-refractivity contribution in [3.8, 4) is 11.4 Å². The second kappa shape index (κ2) is 8.50. The van der Waals surface area contributed by atoms with E-state index in [0.29, 0.717) is 6.42 Å². The molecular weight excluding hydrogens is 348 g/mol. The summed E-state index contributed by atoms with van der Waals surface area (Å²) in [5, 5.41) is 4.56. The summed E-state index contributed by atoms with van der Waals surface area (Å²) in [5.74, 6) is 3.19. The molecule has 2 rings (SSSR count). The first-order chi connectivity index (χ1) is 11.4. The van der Waals surface area contributed by atoms with Gasteiger partial charge in [0.05, 0.1) is 19.1 Å². The van der Waals surface area contributed by atoms with Gasteiger partial charge in [0.15, 0.2) is 5.82 Å². The largest absolute Gasteiger partial charge is 0.497 e. The normalized spacial score (nSPS) is 11.6. The first-order valence-electron chi connectivity index (χ1n) is 7.46. The van der Waals surface area contributed by atoms with Crippen molar-refractivity contribution in [2.75, 3.05) is 31.9 Å². The van der Waals surface area contributed by atoms with Crippen molar-refractivity contribution in [2.45, 2.75) is 12.8 Å². The average molecular weight is 370 g/mol. The average Bonchev–Trinajstić information content (AvgIpc) is 2.95. The molecule has 0 fully saturated rings. The van der Waals surface area contributed by atoms with Gasteiger partial charge >= 0.3 is 0 Å². The summed E-state index contributed by atoms with van der Waals surface area (Å²) >= 11 is 1.74. The smallest absolute Gasteiger partial charge is 0.208 e. The molecule has 0 bridgehead atoms. The Balaban J connectivity index is 2.23. The van der Waals surface area contributed by atoms with Gasteiger partial charge in [-0.15, -0.1) is 0 Å². The minimum atomic E-state index is -3.22. The number of ether oxygens (including phenoxy) is 1. The Morgan fingerprint density at radius 2 is 1.96 bits per heavy atom. The third kappa shape index (κ3) is 5.50. The van der Waals surface area contributed by atoms with Crippen LogP contribution in [0.15, 0.2) is 24.3 Å². The fourth-order valence-electron chi connectivity index (χ4n) is 2.13. The Bertz CT molecular complexity index is 758. The lowest BCUT2D eigenvalue weighted by Gasteiger charge is -2.07. The van der Waals surface area contributed by atoms with Crippen LogP contribution < -0.4 is 9.46 Å². The summed E-state index contributed by atoms with van der Waals surface area (Å²) in [6.07, 6.45) is 4.42. The predicted octanol–water partition coefficient (Wildman–Crippen LogP) is 1.27. The minimum absolute atomic E-state index is 0.287. The zero-order chi connectivity index (χ0) is 17.6. The van der Waals surface area contributed by atoms with E-state index in [4.69, 9.17) is 4.74 Å². The fraction of sp³-hybridized carbons (Fsp3) is 0.467. The summed E-state index contributed by atoms with van der Waals surface area (Å²) in [5.41, 5.74) is 0.869. The van der Waals surface area contributed by atoms with Gasteiger partial charge in [-0.2, -0.15) is 16.9 Å². The van der Waals surface area contributed by atoms with E-state index < -0.39 is 10.0 Å². The number of sulfonamides is 1. The number of aromatic nitrogens is 3. The maximum absolute atomic E-state index is 11.2. The van der Waals surface area contributed by atoms with Crippen LogP contribution in [0, 0.1) is 0 Å². The summed E-state index contributed by atoms with van der Waals surface area (Å²) < 4.78 is 31.9. The van der Waals surface area contributed by atoms with Crippen LogP contribution in [0.1, 0.15) is 11.6 Å². The lowest BCUT2D eigenvalue weighted by molar-refractivity contribution is 0.414. The Labute approximate surface area is 146 Å². The molecule has 1 N–H and O–H groups in total. The highest BCUT2D eigenvalue weighted by Gasteiger charge is 2.12. The topological polar surface area (TPSA) is 86.1 Å². The van der Waals surface area contributed by atoms with Crippen LogP contribution in [0.2, 0.25) is 0 Å². The number of aryl methyl sites for hydroxylation is 1. The van der Waals surface area contributed by atoms with Gasteiger partial charge in [-0.3, -0.25) is 0 Å². The molecule has 0 spiro atoms. The maximum Gasteiger partial charge on any atom is 0.208 e. The molecule has 0 amide bonds. The first-order valence-corrected chi connectivity index (χ1v) is 10.7. The fourth-order valence-corrected chi connectivity index (χ4v) is 2.99. The van der Waals surface area contributed by atoms with Gasteiger partial charge in [0.2, 0.25) is 10.0 Å². The van der Waals surface area contributed by atoms with Gasteiger partial charge in [0, 0.05) is 25.1 Å². The van der Waals surface area contributed by atoms with Gasteiger partial charge < -0.3 is 4.74 Å². The number of methoxy groups -OCH3 is 1. The highest BCUT2D eigenvalue weighted by molar-refractivity contribution is 7.98. The van der Waals surface area contributed by atoms with Gasteiger partial charge in [-0.25, -0.2) is 22.8 Å². The molecule has 0 atom stereocenters. The van der Waals surface area contributed by atoms with Crippen molar-refractivity contribution in [3.05, 3.63) is 35.9 Å². The van der Waals surface area contributed by atoms with Crippen LogP contribution in [0.4, 0.5) is 0 Å². The molecule has 0 aliphatic heterocycles. The third-order valence-corrected chi connectivity index (χ3v) is 4.62. The van der Waals surface area contributed by atoms with E-state index in [1.165, 1.54) is 0 Å². The standard InChI is InChI=1S/C15H22N4O3S2/c1-22-13-6-4-12(5-7-13)19-15(8-10-16-24(3,20)21)17-14(18-19)9-11-23-2/h4-7,16H,8-11H2,1-3H3. The Kier molecular flexibility index (Phi) is 6.64. The molecule has 0 unspecified atom stereocenters. The summed E-state index contributed by atoms with van der Waals surface area (Å²) in [6.45, 7) is 0.287. The van der Waals surface area contributed by atoms with Crippen LogP contribution in [-0.4, -0.2) is 55.1 Å². The molecule has 1 heterocycles. The Morgan fingerprint density at radius 1 is 1.25 bits per heavy atom. The van der Waals surface area contributed by atoms with E-state index in [0.717, 1.165) is 41.5 Å². The molecular formula is C15H22N4O3S2. The molecule has 1 aromatic carbocycles. The van der Waals surface area contributed by atoms with E-state index in [1.54, 1.807) is 23.6 Å². The number of hydrogen-bond acceptors (Lipinski definition) is 6. The quantitative estimate of drug-likeness (QED) is 0.715. The first kappa shape index (κ1) is 18.8. The van der Waals surface area contributed by atoms with E-state index in [2.05, 4.69) is 14.8 Å². The molecule has 0 aliphatic rings. The van der Waals surface area contributed by atoms with Crippen LogP contribution in [0.25, 0.3) is 5.69 Å². The van der Waals surface area contributed by atoms with E-state index in [1.807, 2.05) is 30.5 Å². The highest BCUT2D eigenvalue weighted by atomic mass is 32.2. The van der Waals surface area contributed by atoms with E-state index in [-0.39, 0.29) is 6.54 Å². The number of benzene rings is 1. The molecule has 1 aromatic heterocycles. The van der Waals surface area contributed by atoms with Crippen molar-refractivity contribution in [1.29, 1.82) is 0 Å². The van der Waals surface area contributed by atoms with Gasteiger partial charge in [-0.05, 0) is 30.5 Å². The zero-order valence-corrected chi connectivity index (χ0v) is 15.7. The molecule has 2 aromatic rings. The number of nitrogens with zero attached hydrogens (tertiary/aromatic N) is 3. The van der Waals surface area contributed by atoms with Crippen LogP contribution in [0.5, 0.6) is 5.75 Å². The third-order valence-electron chi connectivity index (χ3n) is 3.28. The van der Waals surface area contributed by atoms with Crippen LogP contribution in [-0.2, 0) is 22.9 Å². The second-order valence-electron chi connectivity index (χ2n) is 5.21. The maximum atomic E-state index is 11.2. The molecule has 24 heavy (non-hydrogen) atoms. The number of hydrogen-bond donors (Lipinski definition) is 1. The predicted molar refractivity (Wildman–Crippen MR) is 96.5 cm³/mol. The number of thioether (sulfide) groups is 1. The van der Waals surface area contributed by atoms with Gasteiger partial charge in [0.25, 0.3) is 0 Å². The molecule has 132 valence electrons. The lowest BCUT2D eigenvalue weighted by Crippen LogP contribution is -2.25. The van der Waals surface area contributed by atoms with Gasteiger partial charge in [0.1, 0.15) is 11.6 Å². The minimum Gasteiger partial charge on any atom is -0.497 e. The van der Waals surface area contributed by atoms with Crippen molar-refractivity contribution in [3.63, 3.8) is 0 Å². The molecule has 0 radical (unpaired) electrons. The van der Waals surface area contributed by atoms with Crippen molar-refractivity contribution in [1.82, 2.24) is 19.5 Å². The molecule has 9 heteroatoms. The number of nitrogens with one attached hydrogen (secondary N) is 1. The SMILES string of the molecule is COc1ccc(-n2nc(CCSC)nc2CCNS(C)(=O)=O)cc1. The van der Waals surface area contributed by atoms with Crippen LogP contribution >= 0.6 is 11.8 Å². The molecule has 0 aliphatic carbocycles. The van der Waals surface area contributed by atoms with Crippen molar-refractivity contribution < 1.29 is 13.2 Å². The number of rotatable bonds is 9.